The molecule has 1 heterocycles. The van der Waals surface area contributed by atoms with Gasteiger partial charge in [-0.25, -0.2) is 0 Å². The van der Waals surface area contributed by atoms with Gasteiger partial charge in [-0.15, -0.1) is 0 Å². The van der Waals surface area contributed by atoms with Crippen molar-refractivity contribution in [3.63, 3.8) is 0 Å². The molecule has 1 aliphatic heterocycles. The van der Waals surface area contributed by atoms with Crippen LogP contribution in [0.1, 0.15) is 37.7 Å². The Labute approximate surface area is 135 Å². The van der Waals surface area contributed by atoms with Gasteiger partial charge in [0.1, 0.15) is 5.75 Å². The number of benzene rings is 1. The number of nitrogens with zero attached hydrogens (tertiary/aromatic N) is 1. The topological polar surface area (TPSA) is 29.5 Å². The molecule has 1 atom stereocenters. The maximum Gasteiger partial charge on any atom is 0.223 e. The summed E-state index contributed by atoms with van der Waals surface area (Å²) in [6.45, 7) is 0.930. The fourth-order valence-corrected chi connectivity index (χ4v) is 3.47. The van der Waals surface area contributed by atoms with E-state index in [1.165, 1.54) is 12.0 Å². The van der Waals surface area contributed by atoms with Crippen LogP contribution in [0.4, 0.5) is 0 Å². The fraction of sp³-hybridized carbons (Fsp3) is 0.588. The SMILES string of the molecule is COc1ccc(CCC(=O)N2CCCCC2CCBr)cc1. The minimum absolute atomic E-state index is 0.302. The molecule has 1 aromatic rings. The first-order chi connectivity index (χ1) is 10.2. The molecule has 0 N–H and O–H groups in total. The highest BCUT2D eigenvalue weighted by molar-refractivity contribution is 9.09. The summed E-state index contributed by atoms with van der Waals surface area (Å²) >= 11 is 3.50. The van der Waals surface area contributed by atoms with Gasteiger partial charge in [0, 0.05) is 24.3 Å². The van der Waals surface area contributed by atoms with Crippen LogP contribution in [0.2, 0.25) is 0 Å². The number of likely N-dealkylation sites (tertiary alicyclic amines) is 1. The first kappa shape index (κ1) is 16.3. The maximum absolute atomic E-state index is 12.5. The van der Waals surface area contributed by atoms with E-state index in [2.05, 4.69) is 20.8 Å². The van der Waals surface area contributed by atoms with Crippen LogP contribution < -0.4 is 4.74 Å². The summed E-state index contributed by atoms with van der Waals surface area (Å²) in [7, 11) is 1.67. The van der Waals surface area contributed by atoms with Crippen molar-refractivity contribution in [3.8, 4) is 5.75 Å². The third-order valence-electron chi connectivity index (χ3n) is 4.18. The van der Waals surface area contributed by atoms with Crippen molar-refractivity contribution < 1.29 is 9.53 Å². The van der Waals surface area contributed by atoms with E-state index >= 15 is 0 Å². The minimum atomic E-state index is 0.302. The van der Waals surface area contributed by atoms with Crippen molar-refractivity contribution in [3.05, 3.63) is 29.8 Å². The zero-order valence-electron chi connectivity index (χ0n) is 12.7. The zero-order chi connectivity index (χ0) is 15.1. The Hall–Kier alpha value is -1.03. The van der Waals surface area contributed by atoms with Gasteiger partial charge in [0.15, 0.2) is 0 Å². The number of alkyl halides is 1. The van der Waals surface area contributed by atoms with Crippen LogP contribution in [-0.4, -0.2) is 35.8 Å². The second-order valence-corrected chi connectivity index (χ2v) is 6.36. The number of amides is 1. The standard InChI is InChI=1S/C17H24BrNO2/c1-21-16-8-5-14(6-9-16)7-10-17(20)19-13-3-2-4-15(19)11-12-18/h5-6,8-9,15H,2-4,7,10-13H2,1H3. The van der Waals surface area contributed by atoms with Gasteiger partial charge in [0.05, 0.1) is 7.11 Å². The number of piperidine rings is 1. The lowest BCUT2D eigenvalue weighted by molar-refractivity contribution is -0.134. The normalized spacial score (nSPS) is 18.6. The molecular formula is C17H24BrNO2. The molecule has 2 rings (SSSR count). The van der Waals surface area contributed by atoms with Gasteiger partial charge in [-0.05, 0) is 49.8 Å². The average Bonchev–Trinajstić information content (AvgIpc) is 2.54. The molecule has 0 aliphatic carbocycles. The fourth-order valence-electron chi connectivity index (χ4n) is 2.94. The molecule has 1 aliphatic rings. The molecule has 0 bridgehead atoms. The summed E-state index contributed by atoms with van der Waals surface area (Å²) in [5.74, 6) is 1.16. The summed E-state index contributed by atoms with van der Waals surface area (Å²) in [5.41, 5.74) is 1.19. The van der Waals surface area contributed by atoms with Crippen molar-refractivity contribution >= 4 is 21.8 Å². The van der Waals surface area contributed by atoms with Gasteiger partial charge < -0.3 is 9.64 Å². The van der Waals surface area contributed by atoms with Crippen molar-refractivity contribution in [2.45, 2.75) is 44.6 Å². The van der Waals surface area contributed by atoms with Crippen LogP contribution in [0, 0.1) is 0 Å². The highest BCUT2D eigenvalue weighted by atomic mass is 79.9. The number of rotatable bonds is 6. The maximum atomic E-state index is 12.5. The third-order valence-corrected chi connectivity index (χ3v) is 4.63. The molecule has 0 aromatic heterocycles. The van der Waals surface area contributed by atoms with E-state index < -0.39 is 0 Å². The Morgan fingerprint density at radius 3 is 2.76 bits per heavy atom. The van der Waals surface area contributed by atoms with Crippen molar-refractivity contribution in [1.29, 1.82) is 0 Å². The first-order valence-corrected chi connectivity index (χ1v) is 8.85. The predicted octanol–water partition coefficient (Wildman–Crippen LogP) is 3.79. The Morgan fingerprint density at radius 2 is 2.10 bits per heavy atom. The van der Waals surface area contributed by atoms with E-state index in [0.717, 1.165) is 43.3 Å². The van der Waals surface area contributed by atoms with Gasteiger partial charge in [0.25, 0.3) is 0 Å². The lowest BCUT2D eigenvalue weighted by Crippen LogP contribution is -2.44. The van der Waals surface area contributed by atoms with Gasteiger partial charge in [-0.1, -0.05) is 28.1 Å². The van der Waals surface area contributed by atoms with E-state index in [9.17, 15) is 4.79 Å². The molecule has 1 saturated heterocycles. The van der Waals surface area contributed by atoms with Gasteiger partial charge in [-0.2, -0.15) is 0 Å². The van der Waals surface area contributed by atoms with Crippen LogP contribution in [-0.2, 0) is 11.2 Å². The van der Waals surface area contributed by atoms with Crippen molar-refractivity contribution in [2.24, 2.45) is 0 Å². The Kier molecular flexibility index (Phi) is 6.55. The molecule has 3 nitrogen and oxygen atoms in total. The highest BCUT2D eigenvalue weighted by Gasteiger charge is 2.25. The van der Waals surface area contributed by atoms with Gasteiger partial charge in [-0.3, -0.25) is 4.79 Å². The Morgan fingerprint density at radius 1 is 1.33 bits per heavy atom. The molecule has 0 saturated carbocycles. The Balaban J connectivity index is 1.87. The quantitative estimate of drug-likeness (QED) is 0.728. The summed E-state index contributed by atoms with van der Waals surface area (Å²) in [6.07, 6.45) is 6.02. The van der Waals surface area contributed by atoms with Crippen LogP contribution in [0.3, 0.4) is 0 Å². The van der Waals surface area contributed by atoms with E-state index in [-0.39, 0.29) is 0 Å². The number of carbonyl (C=O) groups is 1. The lowest BCUT2D eigenvalue weighted by atomic mass is 9.99. The largest absolute Gasteiger partial charge is 0.497 e. The predicted molar refractivity (Wildman–Crippen MR) is 89.1 cm³/mol. The number of halogens is 1. The van der Waals surface area contributed by atoms with Crippen LogP contribution in [0.15, 0.2) is 24.3 Å². The summed E-state index contributed by atoms with van der Waals surface area (Å²) < 4.78 is 5.15. The monoisotopic (exact) mass is 353 g/mol. The smallest absolute Gasteiger partial charge is 0.223 e. The van der Waals surface area contributed by atoms with Crippen LogP contribution >= 0.6 is 15.9 Å². The molecule has 1 fully saturated rings. The number of methoxy groups -OCH3 is 1. The molecule has 1 aromatic carbocycles. The van der Waals surface area contributed by atoms with E-state index in [4.69, 9.17) is 4.74 Å². The molecule has 4 heteroatoms. The minimum Gasteiger partial charge on any atom is -0.497 e. The molecule has 0 radical (unpaired) electrons. The molecule has 21 heavy (non-hydrogen) atoms. The molecular weight excluding hydrogens is 330 g/mol. The number of hydrogen-bond donors (Lipinski definition) is 0. The number of hydrogen-bond acceptors (Lipinski definition) is 2. The van der Waals surface area contributed by atoms with E-state index in [1.54, 1.807) is 7.11 Å². The molecule has 1 unspecified atom stereocenters. The van der Waals surface area contributed by atoms with Crippen LogP contribution in [0.25, 0.3) is 0 Å². The number of carbonyl (C=O) groups excluding carboxylic acids is 1. The number of ether oxygens (including phenoxy) is 1. The van der Waals surface area contributed by atoms with E-state index in [0.29, 0.717) is 18.4 Å². The summed E-state index contributed by atoms with van der Waals surface area (Å²) in [4.78, 5) is 14.6. The van der Waals surface area contributed by atoms with E-state index in [1.807, 2.05) is 24.3 Å². The second kappa shape index (κ2) is 8.42. The third kappa shape index (κ3) is 4.73. The Bertz CT molecular complexity index is 445. The van der Waals surface area contributed by atoms with Crippen LogP contribution in [0.5, 0.6) is 5.75 Å². The second-order valence-electron chi connectivity index (χ2n) is 5.56. The lowest BCUT2D eigenvalue weighted by Gasteiger charge is -2.35. The van der Waals surface area contributed by atoms with Gasteiger partial charge >= 0.3 is 0 Å². The molecule has 1 amide bonds. The van der Waals surface area contributed by atoms with Crippen molar-refractivity contribution in [2.75, 3.05) is 19.0 Å². The zero-order valence-corrected chi connectivity index (χ0v) is 14.3. The highest BCUT2D eigenvalue weighted by Crippen LogP contribution is 2.22. The van der Waals surface area contributed by atoms with Crippen molar-refractivity contribution in [1.82, 2.24) is 4.90 Å². The molecule has 116 valence electrons. The summed E-state index contributed by atoms with van der Waals surface area (Å²) in [5, 5.41) is 0.972. The number of aryl methyl sites for hydroxylation is 1. The van der Waals surface area contributed by atoms with Gasteiger partial charge in [0.2, 0.25) is 5.91 Å². The first-order valence-electron chi connectivity index (χ1n) is 7.73. The average molecular weight is 354 g/mol. The molecule has 0 spiro atoms. The summed E-state index contributed by atoms with van der Waals surface area (Å²) in [6, 6.07) is 8.42.